The minimum absolute atomic E-state index is 0.116. The van der Waals surface area contributed by atoms with E-state index < -0.39 is 10.2 Å². The fraction of sp³-hybridized carbons (Fsp3) is 0.722. The average Bonchev–Trinajstić information content (AvgIpc) is 3.13. The summed E-state index contributed by atoms with van der Waals surface area (Å²) in [5, 5.41) is 0. The van der Waals surface area contributed by atoms with Crippen LogP contribution >= 0.6 is 0 Å². The molecule has 1 N–H and O–H groups in total. The number of pyridine rings is 1. The maximum Gasteiger partial charge on any atom is 0.279 e. The van der Waals surface area contributed by atoms with Crippen molar-refractivity contribution in [3.63, 3.8) is 0 Å². The van der Waals surface area contributed by atoms with Crippen LogP contribution in [0.5, 0.6) is 5.88 Å². The Balaban J connectivity index is 1.56. The van der Waals surface area contributed by atoms with Crippen LogP contribution in [0.25, 0.3) is 0 Å². The smallest absolute Gasteiger partial charge is 0.279 e. The third kappa shape index (κ3) is 5.15. The second-order valence-electron chi connectivity index (χ2n) is 7.16. The van der Waals surface area contributed by atoms with E-state index in [-0.39, 0.29) is 18.7 Å². The molecule has 0 radical (unpaired) electrons. The highest BCUT2D eigenvalue weighted by Crippen LogP contribution is 2.24. The molecule has 0 aliphatic heterocycles. The third-order valence-corrected chi connectivity index (χ3v) is 6.88. The zero-order valence-electron chi connectivity index (χ0n) is 15.0. The van der Waals surface area contributed by atoms with E-state index in [1.54, 1.807) is 13.2 Å². The van der Waals surface area contributed by atoms with E-state index in [0.29, 0.717) is 5.88 Å². The lowest BCUT2D eigenvalue weighted by Crippen LogP contribution is -2.44. The van der Waals surface area contributed by atoms with E-state index in [1.165, 1.54) is 23.6 Å². The summed E-state index contributed by atoms with van der Waals surface area (Å²) in [6.45, 7) is 0.253. The summed E-state index contributed by atoms with van der Waals surface area (Å²) in [7, 11) is -1.79. The van der Waals surface area contributed by atoms with Gasteiger partial charge in [0.2, 0.25) is 5.88 Å². The Labute approximate surface area is 151 Å². The Morgan fingerprint density at radius 3 is 2.56 bits per heavy atom. The van der Waals surface area contributed by atoms with E-state index in [4.69, 9.17) is 4.74 Å². The van der Waals surface area contributed by atoms with Crippen LogP contribution in [-0.2, 0) is 16.8 Å². The van der Waals surface area contributed by atoms with Gasteiger partial charge >= 0.3 is 0 Å². The second-order valence-corrected chi connectivity index (χ2v) is 8.98. The number of nitrogens with one attached hydrogen (secondary N) is 1. The van der Waals surface area contributed by atoms with Crippen LogP contribution < -0.4 is 9.46 Å². The molecule has 7 heteroatoms. The molecule has 0 aromatic carbocycles. The first-order valence-electron chi connectivity index (χ1n) is 9.39. The molecule has 0 spiro atoms. The van der Waals surface area contributed by atoms with Gasteiger partial charge in [-0.25, -0.2) is 4.98 Å². The zero-order valence-corrected chi connectivity index (χ0v) is 15.8. The molecule has 6 nitrogen and oxygen atoms in total. The first-order chi connectivity index (χ1) is 12.0. The number of aromatic nitrogens is 1. The van der Waals surface area contributed by atoms with E-state index in [2.05, 4.69) is 9.71 Å². The molecule has 140 valence electrons. The molecule has 0 amide bonds. The summed E-state index contributed by atoms with van der Waals surface area (Å²) < 4.78 is 35.2. The third-order valence-electron chi connectivity index (χ3n) is 5.32. The van der Waals surface area contributed by atoms with Gasteiger partial charge in [0.25, 0.3) is 10.2 Å². The number of hydrogen-bond acceptors (Lipinski definition) is 4. The SMILES string of the molecule is CN(C1CCCCC1)S(=O)(=O)NCc1ccnc(OC2CCCC2)c1. The molecule has 1 aromatic rings. The van der Waals surface area contributed by atoms with Gasteiger partial charge < -0.3 is 4.74 Å². The predicted octanol–water partition coefficient (Wildman–Crippen LogP) is 3.00. The van der Waals surface area contributed by atoms with Crippen LogP contribution in [0.3, 0.4) is 0 Å². The Morgan fingerprint density at radius 1 is 1.16 bits per heavy atom. The maximum atomic E-state index is 12.5. The van der Waals surface area contributed by atoms with Crippen LogP contribution in [0.2, 0.25) is 0 Å². The van der Waals surface area contributed by atoms with Crippen molar-refractivity contribution in [3.05, 3.63) is 23.9 Å². The molecule has 1 aromatic heterocycles. The lowest BCUT2D eigenvalue weighted by molar-refractivity contribution is 0.201. The van der Waals surface area contributed by atoms with Gasteiger partial charge in [-0.05, 0) is 50.2 Å². The van der Waals surface area contributed by atoms with Crippen molar-refractivity contribution in [2.45, 2.75) is 76.5 Å². The fourth-order valence-electron chi connectivity index (χ4n) is 3.72. The Hall–Kier alpha value is -1.18. The molecule has 0 atom stereocenters. The van der Waals surface area contributed by atoms with Crippen LogP contribution in [0.15, 0.2) is 18.3 Å². The Kier molecular flexibility index (Phi) is 6.30. The van der Waals surface area contributed by atoms with Gasteiger partial charge in [0.05, 0.1) is 0 Å². The number of rotatable bonds is 7. The first-order valence-corrected chi connectivity index (χ1v) is 10.8. The van der Waals surface area contributed by atoms with Crippen LogP contribution in [0, 0.1) is 0 Å². The highest BCUT2D eigenvalue weighted by atomic mass is 32.2. The standard InChI is InChI=1S/C18H29N3O3S/c1-21(16-7-3-2-4-8-16)25(22,23)20-14-15-11-12-19-18(13-15)24-17-9-5-6-10-17/h11-13,16-17,20H,2-10,14H2,1H3. The molecule has 3 rings (SSSR count). The second kappa shape index (κ2) is 8.47. The van der Waals surface area contributed by atoms with Crippen LogP contribution in [0.4, 0.5) is 0 Å². The minimum atomic E-state index is -3.47. The van der Waals surface area contributed by atoms with Gasteiger partial charge in [-0.1, -0.05) is 19.3 Å². The summed E-state index contributed by atoms with van der Waals surface area (Å²) in [6.07, 6.45) is 11.8. The Bertz CT molecular complexity index is 653. The summed E-state index contributed by atoms with van der Waals surface area (Å²) in [5.74, 6) is 0.587. The summed E-state index contributed by atoms with van der Waals surface area (Å²) in [4.78, 5) is 4.25. The number of hydrogen-bond donors (Lipinski definition) is 1. The first kappa shape index (κ1) is 18.6. The highest BCUT2D eigenvalue weighted by Gasteiger charge is 2.27. The van der Waals surface area contributed by atoms with E-state index >= 15 is 0 Å². The monoisotopic (exact) mass is 367 g/mol. The van der Waals surface area contributed by atoms with Crippen LogP contribution in [-0.4, -0.2) is 36.9 Å². The van der Waals surface area contributed by atoms with Gasteiger partial charge in [-0.15, -0.1) is 0 Å². The van der Waals surface area contributed by atoms with E-state index in [9.17, 15) is 8.42 Å². The molecule has 25 heavy (non-hydrogen) atoms. The molecule has 2 fully saturated rings. The number of ether oxygens (including phenoxy) is 1. The molecule has 0 saturated heterocycles. The van der Waals surface area contributed by atoms with E-state index in [0.717, 1.165) is 44.1 Å². The number of nitrogens with zero attached hydrogens (tertiary/aromatic N) is 2. The van der Waals surface area contributed by atoms with E-state index in [1.807, 2.05) is 12.1 Å². The average molecular weight is 368 g/mol. The highest BCUT2D eigenvalue weighted by molar-refractivity contribution is 7.87. The fourth-order valence-corrected chi connectivity index (χ4v) is 4.88. The molecule has 0 bridgehead atoms. The Morgan fingerprint density at radius 2 is 1.84 bits per heavy atom. The lowest BCUT2D eigenvalue weighted by Gasteiger charge is -2.30. The largest absolute Gasteiger partial charge is 0.474 e. The van der Waals surface area contributed by atoms with Crippen molar-refractivity contribution in [2.24, 2.45) is 0 Å². The van der Waals surface area contributed by atoms with Crippen molar-refractivity contribution < 1.29 is 13.2 Å². The quantitative estimate of drug-likeness (QED) is 0.804. The van der Waals surface area contributed by atoms with Crippen LogP contribution in [0.1, 0.15) is 63.4 Å². The van der Waals surface area contributed by atoms with Crippen molar-refractivity contribution in [1.82, 2.24) is 14.0 Å². The topological polar surface area (TPSA) is 71.5 Å². The molecule has 1 heterocycles. The molecule has 2 aliphatic rings. The lowest BCUT2D eigenvalue weighted by atomic mass is 9.96. The summed E-state index contributed by atoms with van der Waals surface area (Å²) in [6, 6.07) is 3.77. The predicted molar refractivity (Wildman–Crippen MR) is 97.5 cm³/mol. The van der Waals surface area contributed by atoms with Gasteiger partial charge in [-0.3, -0.25) is 0 Å². The minimum Gasteiger partial charge on any atom is -0.474 e. The normalized spacial score (nSPS) is 20.2. The van der Waals surface area contributed by atoms with Gasteiger partial charge in [0.15, 0.2) is 0 Å². The van der Waals surface area contributed by atoms with Crippen molar-refractivity contribution in [2.75, 3.05) is 7.05 Å². The van der Waals surface area contributed by atoms with Crippen molar-refractivity contribution in [1.29, 1.82) is 0 Å². The zero-order chi connectivity index (χ0) is 17.7. The molecule has 2 aliphatic carbocycles. The molecular weight excluding hydrogens is 338 g/mol. The summed E-state index contributed by atoms with van der Waals surface area (Å²) in [5.41, 5.74) is 0.864. The van der Waals surface area contributed by atoms with Gasteiger partial charge in [0, 0.05) is 31.9 Å². The van der Waals surface area contributed by atoms with Gasteiger partial charge in [-0.2, -0.15) is 17.4 Å². The molecular formula is C18H29N3O3S. The maximum absolute atomic E-state index is 12.5. The summed E-state index contributed by atoms with van der Waals surface area (Å²) >= 11 is 0. The van der Waals surface area contributed by atoms with Gasteiger partial charge in [0.1, 0.15) is 6.10 Å². The van der Waals surface area contributed by atoms with Crippen molar-refractivity contribution >= 4 is 10.2 Å². The van der Waals surface area contributed by atoms with Crippen molar-refractivity contribution in [3.8, 4) is 5.88 Å². The molecule has 0 unspecified atom stereocenters. The molecule has 2 saturated carbocycles.